The van der Waals surface area contributed by atoms with E-state index >= 15 is 0 Å². The molecule has 2 aromatic heterocycles. The van der Waals surface area contributed by atoms with Crippen molar-refractivity contribution in [2.45, 2.75) is 19.4 Å². The van der Waals surface area contributed by atoms with E-state index in [4.69, 9.17) is 0 Å². The molecule has 1 aliphatic heterocycles. The van der Waals surface area contributed by atoms with Crippen molar-refractivity contribution in [2.75, 3.05) is 13.1 Å². The van der Waals surface area contributed by atoms with Crippen molar-refractivity contribution in [3.63, 3.8) is 0 Å². The summed E-state index contributed by atoms with van der Waals surface area (Å²) in [4.78, 5) is 17.9. The third kappa shape index (κ3) is 3.26. The van der Waals surface area contributed by atoms with E-state index in [1.807, 2.05) is 34.9 Å². The number of rotatable bonds is 3. The zero-order valence-corrected chi connectivity index (χ0v) is 17.0. The molecule has 0 radical (unpaired) electrons. The highest BCUT2D eigenvalue weighted by molar-refractivity contribution is 5.85. The Kier molecular flexibility index (Phi) is 5.26. The van der Waals surface area contributed by atoms with Crippen LogP contribution < -0.4 is 11.0 Å². The van der Waals surface area contributed by atoms with Crippen LogP contribution in [-0.4, -0.2) is 27.2 Å². The lowest BCUT2D eigenvalue weighted by atomic mass is 10.0. The maximum absolute atomic E-state index is 13.3. The average Bonchev–Trinajstić information content (AvgIpc) is 3.34. The van der Waals surface area contributed by atoms with Crippen molar-refractivity contribution in [3.05, 3.63) is 82.9 Å². The number of hydrogen-bond acceptors (Lipinski definition) is 3. The number of hydrogen-bond donors (Lipinski definition) is 1. The standard InChI is InChI=1S/C23H22N4O.ClH/c1-16-5-2-3-6-20(16)17-8-10-18(11-9-17)26-21-7-4-13-25-22(21)27(23(26)28)19-12-14-24-15-19;/h2-11,13,19,24H,12,14-15H2,1H3;1H/t19-;/m0./s1. The molecule has 1 aliphatic rings. The molecule has 5 rings (SSSR count). The molecule has 0 bridgehead atoms. The molecule has 6 heteroatoms. The number of benzene rings is 2. The van der Waals surface area contributed by atoms with Gasteiger partial charge in [-0.05, 0) is 60.8 Å². The largest absolute Gasteiger partial charge is 0.335 e. The maximum atomic E-state index is 13.3. The summed E-state index contributed by atoms with van der Waals surface area (Å²) in [5, 5.41) is 3.35. The monoisotopic (exact) mass is 406 g/mol. The molecule has 0 aliphatic carbocycles. The summed E-state index contributed by atoms with van der Waals surface area (Å²) < 4.78 is 3.63. The van der Waals surface area contributed by atoms with Crippen molar-refractivity contribution >= 4 is 23.6 Å². The van der Waals surface area contributed by atoms with Crippen LogP contribution >= 0.6 is 12.4 Å². The fourth-order valence-corrected chi connectivity index (χ4v) is 4.18. The molecule has 0 saturated carbocycles. The van der Waals surface area contributed by atoms with Crippen molar-refractivity contribution < 1.29 is 0 Å². The second-order valence-electron chi connectivity index (χ2n) is 7.34. The molecule has 4 aromatic rings. The number of aryl methyl sites for hydroxylation is 1. The molecule has 148 valence electrons. The fraction of sp³-hybridized carbons (Fsp3) is 0.217. The van der Waals surface area contributed by atoms with E-state index in [0.717, 1.165) is 41.9 Å². The summed E-state index contributed by atoms with van der Waals surface area (Å²) in [5.74, 6) is 0. The minimum absolute atomic E-state index is 0. The first-order chi connectivity index (χ1) is 13.7. The van der Waals surface area contributed by atoms with E-state index in [1.165, 1.54) is 11.1 Å². The highest BCUT2D eigenvalue weighted by Gasteiger charge is 2.24. The minimum atomic E-state index is -0.0222. The Hall–Kier alpha value is -2.89. The number of pyridine rings is 1. The van der Waals surface area contributed by atoms with Crippen molar-refractivity contribution in [1.29, 1.82) is 0 Å². The lowest BCUT2D eigenvalue weighted by Gasteiger charge is -2.09. The van der Waals surface area contributed by atoms with Gasteiger partial charge in [0.15, 0.2) is 5.65 Å². The number of aromatic nitrogens is 3. The molecule has 0 amide bonds. The van der Waals surface area contributed by atoms with E-state index < -0.39 is 0 Å². The van der Waals surface area contributed by atoms with E-state index in [-0.39, 0.29) is 24.1 Å². The van der Waals surface area contributed by atoms with E-state index in [2.05, 4.69) is 47.6 Å². The van der Waals surface area contributed by atoms with Gasteiger partial charge in [-0.2, -0.15) is 0 Å². The normalized spacial score (nSPS) is 16.1. The van der Waals surface area contributed by atoms with Crippen LogP contribution in [0.2, 0.25) is 0 Å². The van der Waals surface area contributed by atoms with Crippen molar-refractivity contribution in [2.24, 2.45) is 0 Å². The van der Waals surface area contributed by atoms with Gasteiger partial charge < -0.3 is 5.32 Å². The first-order valence-corrected chi connectivity index (χ1v) is 9.69. The molecule has 2 aromatic carbocycles. The minimum Gasteiger partial charge on any atom is -0.315 e. The van der Waals surface area contributed by atoms with Crippen LogP contribution in [0.3, 0.4) is 0 Å². The van der Waals surface area contributed by atoms with Crippen molar-refractivity contribution in [3.8, 4) is 16.8 Å². The highest BCUT2D eigenvalue weighted by Crippen LogP contribution is 2.26. The van der Waals surface area contributed by atoms with Gasteiger partial charge in [-0.1, -0.05) is 36.4 Å². The van der Waals surface area contributed by atoms with Crippen LogP contribution in [0.15, 0.2) is 71.7 Å². The van der Waals surface area contributed by atoms with Gasteiger partial charge in [-0.25, -0.2) is 9.78 Å². The summed E-state index contributed by atoms with van der Waals surface area (Å²) >= 11 is 0. The third-order valence-corrected chi connectivity index (χ3v) is 5.61. The van der Waals surface area contributed by atoms with Crippen LogP contribution in [0.5, 0.6) is 0 Å². The fourth-order valence-electron chi connectivity index (χ4n) is 4.18. The van der Waals surface area contributed by atoms with E-state index in [9.17, 15) is 4.79 Å². The van der Waals surface area contributed by atoms with Crippen LogP contribution in [0, 0.1) is 6.92 Å². The molecule has 0 unspecified atom stereocenters. The zero-order chi connectivity index (χ0) is 19.1. The quantitative estimate of drug-likeness (QED) is 0.556. The molecular formula is C23H23ClN4O. The van der Waals surface area contributed by atoms with Crippen molar-refractivity contribution in [1.82, 2.24) is 19.4 Å². The Balaban J connectivity index is 0.00000205. The highest BCUT2D eigenvalue weighted by atomic mass is 35.5. The van der Waals surface area contributed by atoms with Gasteiger partial charge in [0.25, 0.3) is 0 Å². The summed E-state index contributed by atoms with van der Waals surface area (Å²) in [5.41, 5.74) is 6.05. The van der Waals surface area contributed by atoms with Gasteiger partial charge in [-0.15, -0.1) is 12.4 Å². The molecule has 29 heavy (non-hydrogen) atoms. The number of nitrogens with zero attached hydrogens (tertiary/aromatic N) is 3. The summed E-state index contributed by atoms with van der Waals surface area (Å²) in [6, 6.07) is 20.6. The van der Waals surface area contributed by atoms with E-state index in [1.54, 1.807) is 10.8 Å². The molecule has 1 atom stereocenters. The predicted octanol–water partition coefficient (Wildman–Crippen LogP) is 4.12. The smallest absolute Gasteiger partial charge is 0.315 e. The first kappa shape index (κ1) is 19.4. The van der Waals surface area contributed by atoms with Gasteiger partial charge in [0.2, 0.25) is 0 Å². The van der Waals surface area contributed by atoms with Gasteiger partial charge in [0.1, 0.15) is 0 Å². The van der Waals surface area contributed by atoms with Gasteiger partial charge in [-0.3, -0.25) is 9.13 Å². The van der Waals surface area contributed by atoms with Gasteiger partial charge >= 0.3 is 5.69 Å². The molecule has 3 heterocycles. The number of halogens is 1. The Bertz CT molecular complexity index is 1200. The molecule has 1 fully saturated rings. The topological polar surface area (TPSA) is 51.9 Å². The SMILES string of the molecule is Cc1ccccc1-c1ccc(-n2c(=O)n([C@H]3CCNC3)c3ncccc32)cc1.Cl. The lowest BCUT2D eigenvalue weighted by Crippen LogP contribution is -2.28. The number of imidazole rings is 1. The number of nitrogens with one attached hydrogen (secondary N) is 1. The van der Waals surface area contributed by atoms with Crippen LogP contribution in [0.1, 0.15) is 18.0 Å². The van der Waals surface area contributed by atoms with Gasteiger partial charge in [0.05, 0.1) is 17.2 Å². The van der Waals surface area contributed by atoms with Gasteiger partial charge in [0, 0.05) is 12.7 Å². The molecular weight excluding hydrogens is 384 g/mol. The predicted molar refractivity (Wildman–Crippen MR) is 119 cm³/mol. The summed E-state index contributed by atoms with van der Waals surface area (Å²) in [6.07, 6.45) is 2.70. The Morgan fingerprint density at radius 3 is 2.55 bits per heavy atom. The lowest BCUT2D eigenvalue weighted by molar-refractivity contribution is 0.537. The van der Waals surface area contributed by atoms with Crippen LogP contribution in [-0.2, 0) is 0 Å². The Morgan fingerprint density at radius 1 is 1.03 bits per heavy atom. The molecule has 0 spiro atoms. The van der Waals surface area contributed by atoms with Crippen LogP contribution in [0.25, 0.3) is 28.0 Å². The number of fused-ring (bicyclic) bond motifs is 1. The maximum Gasteiger partial charge on any atom is 0.335 e. The Morgan fingerprint density at radius 2 is 1.83 bits per heavy atom. The van der Waals surface area contributed by atoms with Crippen LogP contribution in [0.4, 0.5) is 0 Å². The molecule has 1 saturated heterocycles. The average molecular weight is 407 g/mol. The first-order valence-electron chi connectivity index (χ1n) is 9.69. The second kappa shape index (κ2) is 7.85. The third-order valence-electron chi connectivity index (χ3n) is 5.61. The zero-order valence-electron chi connectivity index (χ0n) is 16.2. The molecule has 1 N–H and O–H groups in total. The summed E-state index contributed by atoms with van der Waals surface area (Å²) in [6.45, 7) is 3.85. The summed E-state index contributed by atoms with van der Waals surface area (Å²) in [7, 11) is 0. The molecule has 5 nitrogen and oxygen atoms in total. The van der Waals surface area contributed by atoms with E-state index in [0.29, 0.717) is 0 Å². The second-order valence-corrected chi connectivity index (χ2v) is 7.34. The Labute approximate surface area is 175 Å².